The van der Waals surface area contributed by atoms with Crippen molar-refractivity contribution < 1.29 is 4.79 Å². The second kappa shape index (κ2) is 7.43. The Hall–Kier alpha value is -1.75. The molecule has 1 unspecified atom stereocenters. The van der Waals surface area contributed by atoms with Gasteiger partial charge in [0.25, 0.3) is 0 Å². The molecule has 0 radical (unpaired) electrons. The molecule has 5 heteroatoms. The molecule has 0 aliphatic carbocycles. The smallest absolute Gasteiger partial charge is 0.318 e. The topological polar surface area (TPSA) is 37.3 Å². The van der Waals surface area contributed by atoms with Crippen molar-refractivity contribution in [3.05, 3.63) is 58.3 Å². The lowest BCUT2D eigenvalue weighted by Gasteiger charge is -2.38. The first kappa shape index (κ1) is 17.1. The Balaban J connectivity index is 1.92. The zero-order chi connectivity index (χ0) is 17.1. The van der Waals surface area contributed by atoms with Crippen molar-refractivity contribution in [2.24, 2.45) is 0 Å². The lowest BCUT2D eigenvalue weighted by Crippen LogP contribution is -2.49. The molecule has 0 saturated heterocycles. The van der Waals surface area contributed by atoms with Gasteiger partial charge in [-0.3, -0.25) is 0 Å². The molecule has 1 aromatic carbocycles. The van der Waals surface area contributed by atoms with E-state index in [4.69, 9.17) is 0 Å². The van der Waals surface area contributed by atoms with E-state index in [1.54, 1.807) is 0 Å². The number of nitrogens with one attached hydrogen (secondary N) is 1. The molecule has 128 valence electrons. The highest BCUT2D eigenvalue weighted by Crippen LogP contribution is 2.33. The Labute approximate surface area is 152 Å². The summed E-state index contributed by atoms with van der Waals surface area (Å²) in [6.45, 7) is 5.78. The predicted molar refractivity (Wildman–Crippen MR) is 100 cm³/mol. The lowest BCUT2D eigenvalue weighted by atomic mass is 10.0. The first-order chi connectivity index (χ1) is 11.6. The third-order valence-corrected chi connectivity index (χ3v) is 5.33. The molecule has 1 N–H and O–H groups in total. The quantitative estimate of drug-likeness (QED) is 0.817. The molecular weight excluding hydrogens is 366 g/mol. The molecule has 2 aromatic rings. The van der Waals surface area contributed by atoms with Crippen LogP contribution >= 0.6 is 15.9 Å². The first-order valence-corrected chi connectivity index (χ1v) is 9.41. The summed E-state index contributed by atoms with van der Waals surface area (Å²) in [5.41, 5.74) is 2.31. The van der Waals surface area contributed by atoms with Crippen LogP contribution in [0.5, 0.6) is 0 Å². The predicted octanol–water partition coefficient (Wildman–Crippen LogP) is 4.55. The van der Waals surface area contributed by atoms with Crippen LogP contribution in [0.15, 0.2) is 47.1 Å². The number of hydrogen-bond acceptors (Lipinski definition) is 1. The molecule has 1 aliphatic rings. The molecule has 4 nitrogen and oxygen atoms in total. The summed E-state index contributed by atoms with van der Waals surface area (Å²) >= 11 is 3.49. The maximum Gasteiger partial charge on any atom is 0.318 e. The fourth-order valence-corrected chi connectivity index (χ4v) is 3.61. The minimum atomic E-state index is -0.0452. The second-order valence-corrected chi connectivity index (χ2v) is 7.15. The largest absolute Gasteiger partial charge is 0.348 e. The number of nitrogens with zero attached hydrogens (tertiary/aromatic N) is 2. The van der Waals surface area contributed by atoms with Crippen molar-refractivity contribution in [1.82, 2.24) is 14.8 Å². The summed E-state index contributed by atoms with van der Waals surface area (Å²) in [6.07, 6.45) is 4.00. The van der Waals surface area contributed by atoms with Crippen molar-refractivity contribution in [3.8, 4) is 0 Å². The van der Waals surface area contributed by atoms with E-state index in [0.29, 0.717) is 6.54 Å². The van der Waals surface area contributed by atoms with Gasteiger partial charge in [0.05, 0.1) is 6.04 Å². The van der Waals surface area contributed by atoms with E-state index in [1.165, 1.54) is 5.69 Å². The van der Waals surface area contributed by atoms with Gasteiger partial charge in [0.15, 0.2) is 0 Å². The average Bonchev–Trinajstić information content (AvgIpc) is 3.08. The van der Waals surface area contributed by atoms with Gasteiger partial charge in [0.1, 0.15) is 0 Å². The Bertz CT molecular complexity index is 691. The van der Waals surface area contributed by atoms with Gasteiger partial charge in [-0.2, -0.15) is 0 Å². The third-order valence-electron chi connectivity index (χ3n) is 4.80. The van der Waals surface area contributed by atoms with Gasteiger partial charge in [-0.1, -0.05) is 41.9 Å². The van der Waals surface area contributed by atoms with Crippen molar-refractivity contribution in [1.29, 1.82) is 0 Å². The van der Waals surface area contributed by atoms with E-state index in [2.05, 4.69) is 70.1 Å². The summed E-state index contributed by atoms with van der Waals surface area (Å²) in [7, 11) is 0. The van der Waals surface area contributed by atoms with E-state index in [1.807, 2.05) is 17.0 Å². The second-order valence-electron chi connectivity index (χ2n) is 6.24. The highest BCUT2D eigenvalue weighted by molar-refractivity contribution is 9.10. The lowest BCUT2D eigenvalue weighted by molar-refractivity contribution is 0.164. The van der Waals surface area contributed by atoms with Gasteiger partial charge in [-0.15, -0.1) is 0 Å². The molecule has 1 aromatic heterocycles. The minimum Gasteiger partial charge on any atom is -0.348 e. The molecular formula is C19H24BrN3O. The van der Waals surface area contributed by atoms with Crippen LogP contribution in [0, 0.1) is 0 Å². The zero-order valence-electron chi connectivity index (χ0n) is 14.2. The Morgan fingerprint density at radius 1 is 1.21 bits per heavy atom. The third kappa shape index (κ3) is 3.36. The number of fused-ring (bicyclic) bond motifs is 1. The van der Waals surface area contributed by atoms with Gasteiger partial charge < -0.3 is 14.8 Å². The van der Waals surface area contributed by atoms with Crippen molar-refractivity contribution in [2.45, 2.75) is 45.3 Å². The number of urea groups is 1. The molecule has 1 atom stereocenters. The number of halogens is 1. The van der Waals surface area contributed by atoms with Gasteiger partial charge in [-0.25, -0.2) is 4.79 Å². The van der Waals surface area contributed by atoms with Crippen LogP contribution in [0.4, 0.5) is 4.79 Å². The zero-order valence-corrected chi connectivity index (χ0v) is 15.8. The molecule has 0 spiro atoms. The number of hydrogen-bond donors (Lipinski definition) is 1. The summed E-state index contributed by atoms with van der Waals surface area (Å²) in [4.78, 5) is 14.9. The Kier molecular flexibility index (Phi) is 5.29. The molecule has 0 fully saturated rings. The molecule has 0 bridgehead atoms. The van der Waals surface area contributed by atoms with Crippen LogP contribution in [0.1, 0.15) is 44.0 Å². The molecule has 24 heavy (non-hydrogen) atoms. The Morgan fingerprint density at radius 2 is 1.92 bits per heavy atom. The van der Waals surface area contributed by atoms with Crippen LogP contribution in [0.3, 0.4) is 0 Å². The van der Waals surface area contributed by atoms with Crippen LogP contribution in [-0.2, 0) is 6.54 Å². The summed E-state index contributed by atoms with van der Waals surface area (Å²) < 4.78 is 3.29. The van der Waals surface area contributed by atoms with Crippen LogP contribution < -0.4 is 5.32 Å². The minimum absolute atomic E-state index is 0.0315. The maximum absolute atomic E-state index is 12.9. The first-order valence-electron chi connectivity index (χ1n) is 8.61. The van der Waals surface area contributed by atoms with Gasteiger partial charge >= 0.3 is 6.03 Å². The fraction of sp³-hybridized carbons (Fsp3) is 0.421. The highest BCUT2D eigenvalue weighted by atomic mass is 79.9. The summed E-state index contributed by atoms with van der Waals surface area (Å²) in [5.74, 6) is 0. The number of rotatable bonds is 4. The van der Waals surface area contributed by atoms with Crippen molar-refractivity contribution in [3.63, 3.8) is 0 Å². The number of benzene rings is 1. The van der Waals surface area contributed by atoms with E-state index in [-0.39, 0.29) is 18.1 Å². The van der Waals surface area contributed by atoms with Gasteiger partial charge in [0, 0.05) is 35.5 Å². The standard InChI is InChI=1S/C19H24BrN3O/c1-3-16(4-2)21-19(24)23-13-12-22-11-5-6-17(22)18(23)14-7-9-15(20)10-8-14/h5-11,16,18H,3-4,12-13H2,1-2H3,(H,21,24). The number of carbonyl (C=O) groups is 1. The average molecular weight is 390 g/mol. The van der Waals surface area contributed by atoms with Crippen molar-refractivity contribution >= 4 is 22.0 Å². The van der Waals surface area contributed by atoms with Crippen LogP contribution in [0.25, 0.3) is 0 Å². The van der Waals surface area contributed by atoms with Crippen molar-refractivity contribution in [2.75, 3.05) is 6.54 Å². The van der Waals surface area contributed by atoms with E-state index >= 15 is 0 Å². The fourth-order valence-electron chi connectivity index (χ4n) is 3.35. The highest BCUT2D eigenvalue weighted by Gasteiger charge is 2.32. The molecule has 2 amide bonds. The maximum atomic E-state index is 12.9. The van der Waals surface area contributed by atoms with E-state index in [9.17, 15) is 4.79 Å². The normalized spacial score (nSPS) is 17.0. The number of carbonyl (C=O) groups excluding carboxylic acids is 1. The van der Waals surface area contributed by atoms with Crippen LogP contribution in [0.2, 0.25) is 0 Å². The monoisotopic (exact) mass is 389 g/mol. The molecule has 1 aliphatic heterocycles. The van der Waals surface area contributed by atoms with Gasteiger partial charge in [0.2, 0.25) is 0 Å². The SMILES string of the molecule is CCC(CC)NC(=O)N1CCn2cccc2C1c1ccc(Br)cc1. The van der Waals surface area contributed by atoms with Crippen LogP contribution in [-0.4, -0.2) is 28.1 Å². The number of aromatic nitrogens is 1. The molecule has 2 heterocycles. The molecule has 3 rings (SSSR count). The summed E-state index contributed by atoms with van der Waals surface area (Å²) in [6, 6.07) is 12.6. The van der Waals surface area contributed by atoms with Gasteiger partial charge in [-0.05, 0) is 42.7 Å². The number of amides is 2. The van der Waals surface area contributed by atoms with E-state index < -0.39 is 0 Å². The molecule has 0 saturated carbocycles. The Morgan fingerprint density at radius 3 is 2.58 bits per heavy atom. The summed E-state index contributed by atoms with van der Waals surface area (Å²) in [5, 5.41) is 3.19. The van der Waals surface area contributed by atoms with E-state index in [0.717, 1.165) is 29.4 Å².